The maximum absolute atomic E-state index is 6.01. The average Bonchev–Trinajstić information content (AvgIpc) is 2.89. The molecule has 1 aliphatic rings. The zero-order valence-corrected chi connectivity index (χ0v) is 11.6. The first-order valence-corrected chi connectivity index (χ1v) is 7.25. The summed E-state index contributed by atoms with van der Waals surface area (Å²) in [6.07, 6.45) is 3.86. The molecule has 0 amide bonds. The quantitative estimate of drug-likeness (QED) is 0.787. The van der Waals surface area contributed by atoms with Gasteiger partial charge in [0.2, 0.25) is 0 Å². The van der Waals surface area contributed by atoms with E-state index in [9.17, 15) is 0 Å². The Bertz CT molecular complexity index is 541. The number of aromatic nitrogens is 1. The Morgan fingerprint density at radius 2 is 2.00 bits per heavy atom. The van der Waals surface area contributed by atoms with Gasteiger partial charge in [-0.25, -0.2) is 0 Å². The van der Waals surface area contributed by atoms with Crippen molar-refractivity contribution in [3.8, 4) is 0 Å². The Balaban J connectivity index is 1.94. The summed E-state index contributed by atoms with van der Waals surface area (Å²) in [5, 5.41) is 0. The molecule has 2 heterocycles. The number of hydrogen-bond donors (Lipinski definition) is 0. The minimum absolute atomic E-state index is 0.351. The van der Waals surface area contributed by atoms with Crippen molar-refractivity contribution in [1.29, 1.82) is 0 Å². The van der Waals surface area contributed by atoms with Crippen molar-refractivity contribution in [2.75, 3.05) is 17.3 Å². The van der Waals surface area contributed by atoms with Gasteiger partial charge < -0.3 is 4.90 Å². The van der Waals surface area contributed by atoms with Gasteiger partial charge in [-0.1, -0.05) is 30.3 Å². The molecule has 3 rings (SSSR count). The number of anilines is 1. The summed E-state index contributed by atoms with van der Waals surface area (Å²) in [6, 6.07) is 15.1. The molecule has 19 heavy (non-hydrogen) atoms. The van der Waals surface area contributed by atoms with Crippen molar-refractivity contribution in [1.82, 2.24) is 4.98 Å². The van der Waals surface area contributed by atoms with Gasteiger partial charge in [0.25, 0.3) is 0 Å². The minimum atomic E-state index is 0.351. The highest BCUT2D eigenvalue weighted by atomic mass is 35.5. The number of pyridine rings is 1. The SMILES string of the molecule is ClCC[C@@H](c1ccccc1)N1CCc2ncccc21. The van der Waals surface area contributed by atoms with Crippen LogP contribution in [0.15, 0.2) is 48.7 Å². The maximum Gasteiger partial charge on any atom is 0.0654 e. The van der Waals surface area contributed by atoms with E-state index in [1.165, 1.54) is 16.9 Å². The average molecular weight is 273 g/mol. The van der Waals surface area contributed by atoms with Crippen LogP contribution in [0.2, 0.25) is 0 Å². The summed E-state index contributed by atoms with van der Waals surface area (Å²) in [7, 11) is 0. The Morgan fingerprint density at radius 3 is 2.79 bits per heavy atom. The molecule has 1 aliphatic heterocycles. The van der Waals surface area contributed by atoms with Crippen LogP contribution in [0.25, 0.3) is 0 Å². The standard InChI is InChI=1S/C16H17ClN2/c17-10-8-15(13-5-2-1-3-6-13)19-12-9-14-16(19)7-4-11-18-14/h1-7,11,15H,8-10,12H2/t15-/m0/s1. The third-order valence-corrected chi connectivity index (χ3v) is 3.93. The molecule has 2 aromatic rings. The van der Waals surface area contributed by atoms with Crippen molar-refractivity contribution in [2.24, 2.45) is 0 Å². The second-order valence-electron chi connectivity index (χ2n) is 4.82. The molecule has 0 spiro atoms. The molecule has 0 unspecified atom stereocenters. The Labute approximate surface area is 119 Å². The van der Waals surface area contributed by atoms with Crippen molar-refractivity contribution < 1.29 is 0 Å². The summed E-state index contributed by atoms with van der Waals surface area (Å²) in [6.45, 7) is 1.03. The second-order valence-corrected chi connectivity index (χ2v) is 5.19. The molecule has 0 saturated carbocycles. The number of nitrogens with zero attached hydrogens (tertiary/aromatic N) is 2. The van der Waals surface area contributed by atoms with Crippen LogP contribution in [0.1, 0.15) is 23.7 Å². The smallest absolute Gasteiger partial charge is 0.0654 e. The first kappa shape index (κ1) is 12.5. The van der Waals surface area contributed by atoms with Crippen LogP contribution in [0, 0.1) is 0 Å². The molecule has 1 atom stereocenters. The third kappa shape index (κ3) is 2.45. The number of rotatable bonds is 4. The summed E-state index contributed by atoms with van der Waals surface area (Å²) < 4.78 is 0. The van der Waals surface area contributed by atoms with Crippen molar-refractivity contribution in [3.63, 3.8) is 0 Å². The zero-order chi connectivity index (χ0) is 13.1. The Kier molecular flexibility index (Phi) is 3.69. The van der Waals surface area contributed by atoms with Gasteiger partial charge in [0.05, 0.1) is 17.4 Å². The van der Waals surface area contributed by atoms with Crippen LogP contribution in [-0.4, -0.2) is 17.4 Å². The third-order valence-electron chi connectivity index (χ3n) is 3.71. The lowest BCUT2D eigenvalue weighted by Gasteiger charge is -2.30. The molecule has 98 valence electrons. The van der Waals surface area contributed by atoms with E-state index in [0.717, 1.165) is 19.4 Å². The Morgan fingerprint density at radius 1 is 1.16 bits per heavy atom. The number of alkyl halides is 1. The lowest BCUT2D eigenvalue weighted by molar-refractivity contribution is 0.623. The largest absolute Gasteiger partial charge is 0.363 e. The van der Waals surface area contributed by atoms with Gasteiger partial charge in [-0.2, -0.15) is 0 Å². The van der Waals surface area contributed by atoms with Crippen LogP contribution in [0.3, 0.4) is 0 Å². The fourth-order valence-corrected chi connectivity index (χ4v) is 3.04. The molecular weight excluding hydrogens is 256 g/mol. The van der Waals surface area contributed by atoms with Crippen LogP contribution in [-0.2, 0) is 6.42 Å². The molecule has 0 radical (unpaired) electrons. The Hall–Kier alpha value is -1.54. The lowest BCUT2D eigenvalue weighted by Crippen LogP contribution is -2.27. The fourth-order valence-electron chi connectivity index (χ4n) is 2.84. The van der Waals surface area contributed by atoms with Crippen LogP contribution in [0.4, 0.5) is 5.69 Å². The molecule has 3 heteroatoms. The number of fused-ring (bicyclic) bond motifs is 1. The summed E-state index contributed by atoms with van der Waals surface area (Å²) in [5.41, 5.74) is 3.80. The van der Waals surface area contributed by atoms with E-state index in [1.807, 2.05) is 12.3 Å². The normalized spacial score (nSPS) is 15.3. The maximum atomic E-state index is 6.01. The summed E-state index contributed by atoms with van der Waals surface area (Å²) >= 11 is 6.01. The first-order valence-electron chi connectivity index (χ1n) is 6.71. The van der Waals surface area contributed by atoms with E-state index in [0.29, 0.717) is 11.9 Å². The predicted molar refractivity (Wildman–Crippen MR) is 79.8 cm³/mol. The van der Waals surface area contributed by atoms with Crippen molar-refractivity contribution in [3.05, 3.63) is 59.9 Å². The van der Waals surface area contributed by atoms with Crippen LogP contribution >= 0.6 is 11.6 Å². The van der Waals surface area contributed by atoms with Gasteiger partial charge in [-0.15, -0.1) is 11.6 Å². The van der Waals surface area contributed by atoms with Gasteiger partial charge in [0.1, 0.15) is 0 Å². The zero-order valence-electron chi connectivity index (χ0n) is 10.8. The van der Waals surface area contributed by atoms with Gasteiger partial charge in [0, 0.05) is 25.0 Å². The van der Waals surface area contributed by atoms with Gasteiger partial charge in [0.15, 0.2) is 0 Å². The van der Waals surface area contributed by atoms with E-state index in [4.69, 9.17) is 11.6 Å². The van der Waals surface area contributed by atoms with E-state index < -0.39 is 0 Å². The molecule has 0 N–H and O–H groups in total. The van der Waals surface area contributed by atoms with Gasteiger partial charge in [-0.05, 0) is 24.1 Å². The number of benzene rings is 1. The highest BCUT2D eigenvalue weighted by Gasteiger charge is 2.27. The van der Waals surface area contributed by atoms with E-state index in [-0.39, 0.29) is 0 Å². The number of hydrogen-bond acceptors (Lipinski definition) is 2. The lowest BCUT2D eigenvalue weighted by atomic mass is 10.0. The molecular formula is C16H17ClN2. The van der Waals surface area contributed by atoms with Crippen LogP contribution in [0.5, 0.6) is 0 Å². The molecule has 2 nitrogen and oxygen atoms in total. The molecule has 1 aromatic heterocycles. The predicted octanol–water partition coefficient (Wildman–Crippen LogP) is 3.81. The minimum Gasteiger partial charge on any atom is -0.363 e. The first-order chi connectivity index (χ1) is 9.40. The van der Waals surface area contributed by atoms with Crippen LogP contribution < -0.4 is 4.90 Å². The molecule has 0 fully saturated rings. The van der Waals surface area contributed by atoms with Gasteiger partial charge in [-0.3, -0.25) is 4.98 Å². The summed E-state index contributed by atoms with van der Waals surface area (Å²) in [4.78, 5) is 6.92. The van der Waals surface area contributed by atoms with Crippen molar-refractivity contribution in [2.45, 2.75) is 18.9 Å². The molecule has 1 aromatic carbocycles. The summed E-state index contributed by atoms with van der Waals surface area (Å²) in [5.74, 6) is 0.672. The molecule has 0 saturated heterocycles. The van der Waals surface area contributed by atoms with E-state index in [2.05, 4.69) is 46.3 Å². The van der Waals surface area contributed by atoms with Crippen molar-refractivity contribution >= 4 is 17.3 Å². The molecule has 0 bridgehead atoms. The molecule has 0 aliphatic carbocycles. The fraction of sp³-hybridized carbons (Fsp3) is 0.312. The second kappa shape index (κ2) is 5.62. The number of halogens is 1. The topological polar surface area (TPSA) is 16.1 Å². The highest BCUT2D eigenvalue weighted by molar-refractivity contribution is 6.17. The highest BCUT2D eigenvalue weighted by Crippen LogP contribution is 2.35. The van der Waals surface area contributed by atoms with Gasteiger partial charge >= 0.3 is 0 Å². The van der Waals surface area contributed by atoms with E-state index in [1.54, 1.807) is 0 Å². The van der Waals surface area contributed by atoms with E-state index >= 15 is 0 Å². The monoisotopic (exact) mass is 272 g/mol.